The Hall–Kier alpha value is -0.530. The van der Waals surface area contributed by atoms with Gasteiger partial charge in [-0.2, -0.15) is 0 Å². The van der Waals surface area contributed by atoms with Crippen LogP contribution in [-0.4, -0.2) is 23.4 Å². The summed E-state index contributed by atoms with van der Waals surface area (Å²) in [5, 5.41) is 0. The Bertz CT molecular complexity index is 209. The molecule has 0 radical (unpaired) electrons. The van der Waals surface area contributed by atoms with Crippen molar-refractivity contribution >= 4 is 5.91 Å². The quantitative estimate of drug-likeness (QED) is 0.700. The Morgan fingerprint density at radius 3 is 2.38 bits per heavy atom. The zero-order valence-electron chi connectivity index (χ0n) is 11.2. The highest BCUT2D eigenvalue weighted by molar-refractivity contribution is 5.78. The van der Waals surface area contributed by atoms with Crippen LogP contribution in [0.1, 0.15) is 65.7 Å². The molecular weight excluding hydrogens is 198 g/mol. The number of amides is 1. The van der Waals surface area contributed by atoms with Gasteiger partial charge in [0.2, 0.25) is 5.91 Å². The lowest BCUT2D eigenvalue weighted by atomic mass is 9.93. The van der Waals surface area contributed by atoms with Crippen LogP contribution in [0.2, 0.25) is 0 Å². The van der Waals surface area contributed by atoms with E-state index in [4.69, 9.17) is 0 Å². The summed E-state index contributed by atoms with van der Waals surface area (Å²) in [7, 11) is 0. The van der Waals surface area contributed by atoms with E-state index in [1.807, 2.05) is 0 Å². The average Bonchev–Trinajstić information content (AvgIpc) is 2.31. The van der Waals surface area contributed by atoms with Crippen molar-refractivity contribution in [2.24, 2.45) is 5.92 Å². The van der Waals surface area contributed by atoms with Gasteiger partial charge >= 0.3 is 0 Å². The summed E-state index contributed by atoms with van der Waals surface area (Å²) in [5.41, 5.74) is 0. The third kappa shape index (κ3) is 3.50. The minimum atomic E-state index is 0.215. The van der Waals surface area contributed by atoms with Crippen LogP contribution >= 0.6 is 0 Å². The fourth-order valence-electron chi connectivity index (χ4n) is 2.83. The lowest BCUT2D eigenvalue weighted by Gasteiger charge is -2.35. The Morgan fingerprint density at radius 2 is 1.88 bits per heavy atom. The molecule has 0 heterocycles. The number of hydrogen-bond donors (Lipinski definition) is 0. The van der Waals surface area contributed by atoms with Crippen molar-refractivity contribution in [2.75, 3.05) is 6.54 Å². The van der Waals surface area contributed by atoms with Crippen LogP contribution in [0.4, 0.5) is 0 Å². The highest BCUT2D eigenvalue weighted by atomic mass is 16.2. The third-order valence-electron chi connectivity index (χ3n) is 3.78. The predicted octanol–water partition coefficient (Wildman–Crippen LogP) is 3.60. The molecule has 1 atom stereocenters. The molecule has 2 nitrogen and oxygen atoms in total. The summed E-state index contributed by atoms with van der Waals surface area (Å²) >= 11 is 0. The van der Waals surface area contributed by atoms with Gasteiger partial charge in [-0.05, 0) is 26.2 Å². The third-order valence-corrected chi connectivity index (χ3v) is 3.78. The van der Waals surface area contributed by atoms with Crippen molar-refractivity contribution in [3.05, 3.63) is 0 Å². The van der Waals surface area contributed by atoms with E-state index in [9.17, 15) is 4.79 Å². The van der Waals surface area contributed by atoms with Gasteiger partial charge in [0.15, 0.2) is 0 Å². The Morgan fingerprint density at radius 1 is 1.25 bits per heavy atom. The molecule has 1 saturated carbocycles. The SMILES string of the molecule is CCCC(C)C(=O)N(CC)C1CCCCC1. The van der Waals surface area contributed by atoms with Crippen molar-refractivity contribution in [2.45, 2.75) is 71.8 Å². The van der Waals surface area contributed by atoms with Gasteiger partial charge in [-0.3, -0.25) is 4.79 Å². The maximum Gasteiger partial charge on any atom is 0.225 e. The summed E-state index contributed by atoms with van der Waals surface area (Å²) in [4.78, 5) is 14.4. The first-order valence-corrected chi connectivity index (χ1v) is 7.01. The highest BCUT2D eigenvalue weighted by Crippen LogP contribution is 2.24. The molecule has 0 bridgehead atoms. The number of nitrogens with zero attached hydrogens (tertiary/aromatic N) is 1. The van der Waals surface area contributed by atoms with Gasteiger partial charge in [-0.25, -0.2) is 0 Å². The second-order valence-electron chi connectivity index (χ2n) is 5.11. The normalized spacial score (nSPS) is 19.4. The first-order valence-electron chi connectivity index (χ1n) is 7.01. The van der Waals surface area contributed by atoms with Crippen LogP contribution in [0, 0.1) is 5.92 Å². The second-order valence-corrected chi connectivity index (χ2v) is 5.11. The lowest BCUT2D eigenvalue weighted by Crippen LogP contribution is -2.43. The van der Waals surface area contributed by atoms with Crippen LogP contribution in [0.15, 0.2) is 0 Å². The van der Waals surface area contributed by atoms with Gasteiger partial charge in [0.25, 0.3) is 0 Å². The number of carbonyl (C=O) groups is 1. The zero-order chi connectivity index (χ0) is 12.0. The molecule has 0 spiro atoms. The first kappa shape index (κ1) is 13.5. The molecule has 2 heteroatoms. The van der Waals surface area contributed by atoms with Crippen molar-refractivity contribution < 1.29 is 4.79 Å². The molecule has 1 amide bonds. The van der Waals surface area contributed by atoms with Gasteiger partial charge in [0.1, 0.15) is 0 Å². The molecule has 0 N–H and O–H groups in total. The molecule has 94 valence electrons. The van der Waals surface area contributed by atoms with Crippen LogP contribution in [0.25, 0.3) is 0 Å². The van der Waals surface area contributed by atoms with Crippen molar-refractivity contribution in [1.82, 2.24) is 4.90 Å². The van der Waals surface area contributed by atoms with Gasteiger partial charge in [0, 0.05) is 18.5 Å². The summed E-state index contributed by atoms with van der Waals surface area (Å²) in [5.74, 6) is 0.600. The maximum atomic E-state index is 12.3. The van der Waals surface area contributed by atoms with Crippen molar-refractivity contribution in [3.63, 3.8) is 0 Å². The monoisotopic (exact) mass is 225 g/mol. The lowest BCUT2D eigenvalue weighted by molar-refractivity contribution is -0.138. The number of hydrogen-bond acceptors (Lipinski definition) is 1. The molecule has 1 unspecified atom stereocenters. The van der Waals surface area contributed by atoms with E-state index in [2.05, 4.69) is 25.7 Å². The second kappa shape index (κ2) is 6.93. The van der Waals surface area contributed by atoms with E-state index in [-0.39, 0.29) is 5.92 Å². The predicted molar refractivity (Wildman–Crippen MR) is 68.3 cm³/mol. The first-order chi connectivity index (χ1) is 7.70. The molecule has 1 rings (SSSR count). The van der Waals surface area contributed by atoms with E-state index in [1.165, 1.54) is 32.1 Å². The Labute approximate surface area is 100 Å². The smallest absolute Gasteiger partial charge is 0.225 e. The summed E-state index contributed by atoms with van der Waals surface area (Å²) in [6, 6.07) is 0.533. The van der Waals surface area contributed by atoms with Gasteiger partial charge in [0.05, 0.1) is 0 Å². The van der Waals surface area contributed by atoms with E-state index in [1.54, 1.807) is 0 Å². The average molecular weight is 225 g/mol. The van der Waals surface area contributed by atoms with Crippen LogP contribution in [-0.2, 0) is 4.79 Å². The molecule has 0 aliphatic heterocycles. The van der Waals surface area contributed by atoms with Crippen molar-refractivity contribution in [3.8, 4) is 0 Å². The van der Waals surface area contributed by atoms with Crippen LogP contribution < -0.4 is 0 Å². The van der Waals surface area contributed by atoms with E-state index in [0.29, 0.717) is 11.9 Å². The number of rotatable bonds is 5. The van der Waals surface area contributed by atoms with Crippen molar-refractivity contribution in [1.29, 1.82) is 0 Å². The number of carbonyl (C=O) groups excluding carboxylic acids is 1. The zero-order valence-corrected chi connectivity index (χ0v) is 11.2. The fourth-order valence-corrected chi connectivity index (χ4v) is 2.83. The molecule has 0 aromatic carbocycles. The molecule has 1 fully saturated rings. The summed E-state index contributed by atoms with van der Waals surface area (Å²) in [6.07, 6.45) is 8.54. The molecular formula is C14H27NO. The summed E-state index contributed by atoms with van der Waals surface area (Å²) < 4.78 is 0. The Balaban J connectivity index is 2.54. The molecule has 0 saturated heterocycles. The van der Waals surface area contributed by atoms with Crippen LogP contribution in [0.5, 0.6) is 0 Å². The van der Waals surface area contributed by atoms with E-state index < -0.39 is 0 Å². The molecule has 1 aliphatic carbocycles. The Kier molecular flexibility index (Phi) is 5.86. The van der Waals surface area contributed by atoms with Crippen LogP contribution in [0.3, 0.4) is 0 Å². The van der Waals surface area contributed by atoms with Gasteiger partial charge < -0.3 is 4.90 Å². The van der Waals surface area contributed by atoms with E-state index in [0.717, 1.165) is 19.4 Å². The molecule has 0 aromatic rings. The maximum absolute atomic E-state index is 12.3. The minimum Gasteiger partial charge on any atom is -0.340 e. The highest BCUT2D eigenvalue weighted by Gasteiger charge is 2.26. The fraction of sp³-hybridized carbons (Fsp3) is 0.929. The summed E-state index contributed by atoms with van der Waals surface area (Å²) in [6.45, 7) is 7.24. The largest absolute Gasteiger partial charge is 0.340 e. The molecule has 0 aromatic heterocycles. The van der Waals surface area contributed by atoms with Gasteiger partial charge in [-0.15, -0.1) is 0 Å². The van der Waals surface area contributed by atoms with Gasteiger partial charge in [-0.1, -0.05) is 39.5 Å². The topological polar surface area (TPSA) is 20.3 Å². The standard InChI is InChI=1S/C14H27NO/c1-4-9-12(3)14(16)15(5-2)13-10-7-6-8-11-13/h12-13H,4-11H2,1-3H3. The molecule has 16 heavy (non-hydrogen) atoms. The minimum absolute atomic E-state index is 0.215. The molecule has 1 aliphatic rings. The van der Waals surface area contributed by atoms with E-state index >= 15 is 0 Å².